The monoisotopic (exact) mass is 533 g/mol. The second-order valence-corrected chi connectivity index (χ2v) is 10.4. The SMILES string of the molecule is CC(=O)OCc1onc(-c2c(F)cccc2Cl)c1C(=O)N[C@@H]1C(=O)N2[C@@H]1SC(C)(C)[C@@H]2C(=O)[O-].[Na+]. The Morgan fingerprint density at radius 2 is 2.06 bits per heavy atom. The maximum atomic E-state index is 14.6. The third-order valence-corrected chi connectivity index (χ3v) is 7.43. The van der Waals surface area contributed by atoms with Crippen LogP contribution in [0.5, 0.6) is 0 Å². The molecule has 2 amide bonds. The number of aromatic nitrogens is 1. The molecular formula is C21H18ClFN3NaO7S. The summed E-state index contributed by atoms with van der Waals surface area (Å²) in [4.78, 5) is 50.0. The molecule has 1 aromatic heterocycles. The molecule has 0 radical (unpaired) electrons. The number of nitrogens with one attached hydrogen (secondary N) is 1. The molecule has 2 aliphatic rings. The van der Waals surface area contributed by atoms with Gasteiger partial charge in [0.2, 0.25) is 5.91 Å². The number of carbonyl (C=O) groups excluding carboxylic acids is 4. The molecule has 0 spiro atoms. The topological polar surface area (TPSA) is 142 Å². The van der Waals surface area contributed by atoms with Crippen molar-refractivity contribution in [1.29, 1.82) is 0 Å². The van der Waals surface area contributed by atoms with Gasteiger partial charge in [-0.05, 0) is 26.0 Å². The maximum Gasteiger partial charge on any atom is 1.00 e. The van der Waals surface area contributed by atoms with E-state index in [0.717, 1.165) is 17.9 Å². The summed E-state index contributed by atoms with van der Waals surface area (Å²) in [5, 5.41) is 17.2. The molecule has 2 aromatic rings. The molecule has 0 saturated carbocycles. The minimum atomic E-state index is -1.39. The number of carboxylic acid groups (broad SMARTS) is 1. The van der Waals surface area contributed by atoms with Crippen molar-refractivity contribution in [3.63, 3.8) is 0 Å². The molecule has 35 heavy (non-hydrogen) atoms. The summed E-state index contributed by atoms with van der Waals surface area (Å²) in [7, 11) is 0. The molecule has 0 unspecified atom stereocenters. The number of rotatable bonds is 6. The first kappa shape index (κ1) is 27.5. The van der Waals surface area contributed by atoms with Gasteiger partial charge in [-0.25, -0.2) is 4.39 Å². The van der Waals surface area contributed by atoms with Crippen molar-refractivity contribution < 1.29 is 67.5 Å². The third-order valence-electron chi connectivity index (χ3n) is 5.55. The zero-order valence-electron chi connectivity index (χ0n) is 19.1. The smallest absolute Gasteiger partial charge is 0.548 e. The third kappa shape index (κ3) is 4.82. The van der Waals surface area contributed by atoms with E-state index in [1.54, 1.807) is 13.8 Å². The summed E-state index contributed by atoms with van der Waals surface area (Å²) in [6.45, 7) is 4.01. The van der Waals surface area contributed by atoms with Crippen LogP contribution in [-0.2, 0) is 25.7 Å². The summed E-state index contributed by atoms with van der Waals surface area (Å²) in [6.07, 6.45) is 0. The molecule has 4 rings (SSSR count). The van der Waals surface area contributed by atoms with Gasteiger partial charge in [0.15, 0.2) is 12.4 Å². The largest absolute Gasteiger partial charge is 1.00 e. The van der Waals surface area contributed by atoms with E-state index in [0.29, 0.717) is 0 Å². The van der Waals surface area contributed by atoms with Crippen molar-refractivity contribution in [2.75, 3.05) is 0 Å². The molecule has 10 nitrogen and oxygen atoms in total. The minimum absolute atomic E-state index is 0. The van der Waals surface area contributed by atoms with Crippen molar-refractivity contribution in [1.82, 2.24) is 15.4 Å². The van der Waals surface area contributed by atoms with Crippen LogP contribution in [0, 0.1) is 5.82 Å². The van der Waals surface area contributed by atoms with E-state index in [9.17, 15) is 28.7 Å². The Bertz CT molecular complexity index is 1200. The van der Waals surface area contributed by atoms with Gasteiger partial charge in [-0.1, -0.05) is 22.8 Å². The van der Waals surface area contributed by atoms with E-state index in [1.165, 1.54) is 23.9 Å². The second kappa shape index (κ2) is 10.1. The number of carbonyl (C=O) groups is 4. The van der Waals surface area contributed by atoms with Crippen LogP contribution in [0.3, 0.4) is 0 Å². The van der Waals surface area contributed by atoms with E-state index < -0.39 is 58.4 Å². The van der Waals surface area contributed by atoms with Crippen LogP contribution < -0.4 is 40.0 Å². The number of halogens is 2. The van der Waals surface area contributed by atoms with Gasteiger partial charge in [0.05, 0.1) is 22.6 Å². The Hall–Kier alpha value is -2.12. The fourth-order valence-corrected chi connectivity index (χ4v) is 5.93. The molecule has 3 heterocycles. The van der Waals surface area contributed by atoms with E-state index in [1.807, 2.05) is 0 Å². The van der Waals surface area contributed by atoms with Gasteiger partial charge in [0, 0.05) is 11.7 Å². The summed E-state index contributed by atoms with van der Waals surface area (Å²) >= 11 is 7.34. The van der Waals surface area contributed by atoms with Gasteiger partial charge in [0.25, 0.3) is 5.91 Å². The van der Waals surface area contributed by atoms with Gasteiger partial charge in [-0.2, -0.15) is 0 Å². The zero-order valence-corrected chi connectivity index (χ0v) is 22.7. The first-order valence-electron chi connectivity index (χ1n) is 10.0. The quantitative estimate of drug-likeness (QED) is 0.256. The number of hydrogen-bond donors (Lipinski definition) is 1. The Morgan fingerprint density at radius 1 is 1.37 bits per heavy atom. The first-order chi connectivity index (χ1) is 15.9. The molecule has 1 aromatic carbocycles. The number of aliphatic carboxylic acids is 1. The average Bonchev–Trinajstić information content (AvgIpc) is 3.26. The number of benzene rings is 1. The van der Waals surface area contributed by atoms with Gasteiger partial charge < -0.3 is 29.4 Å². The summed E-state index contributed by atoms with van der Waals surface area (Å²) in [5.41, 5.74) is -0.710. The Kier molecular flexibility index (Phi) is 7.92. The van der Waals surface area contributed by atoms with Crippen LogP contribution in [0.25, 0.3) is 11.3 Å². The number of hydrogen-bond acceptors (Lipinski definition) is 9. The fraction of sp³-hybridized carbons (Fsp3) is 0.381. The Balaban J connectivity index is 0.00000342. The van der Waals surface area contributed by atoms with Crippen LogP contribution in [0.2, 0.25) is 5.02 Å². The average molecular weight is 534 g/mol. The Labute approximate surface area is 230 Å². The van der Waals surface area contributed by atoms with Gasteiger partial charge in [-0.15, -0.1) is 11.8 Å². The molecule has 2 saturated heterocycles. The molecule has 0 bridgehead atoms. The summed E-state index contributed by atoms with van der Waals surface area (Å²) in [6, 6.07) is 1.67. The maximum absolute atomic E-state index is 14.6. The number of ether oxygens (including phenoxy) is 1. The van der Waals surface area contributed by atoms with Crippen LogP contribution >= 0.6 is 23.4 Å². The first-order valence-corrected chi connectivity index (χ1v) is 11.3. The molecule has 14 heteroatoms. The molecular weight excluding hydrogens is 516 g/mol. The number of β-lactam (4-membered cyclic amide) rings is 1. The van der Waals surface area contributed by atoms with Gasteiger partial charge in [-0.3, -0.25) is 14.4 Å². The predicted molar refractivity (Wildman–Crippen MR) is 115 cm³/mol. The van der Waals surface area contributed by atoms with Crippen molar-refractivity contribution >= 4 is 47.1 Å². The predicted octanol–water partition coefficient (Wildman–Crippen LogP) is -1.89. The van der Waals surface area contributed by atoms with Crippen LogP contribution in [0.1, 0.15) is 36.9 Å². The molecule has 3 atom stereocenters. The van der Waals surface area contributed by atoms with Crippen LogP contribution in [-0.4, -0.2) is 56.0 Å². The number of esters is 1. The van der Waals surface area contributed by atoms with Crippen molar-refractivity contribution in [2.45, 2.75) is 49.6 Å². The van der Waals surface area contributed by atoms with Crippen LogP contribution in [0.4, 0.5) is 4.39 Å². The van der Waals surface area contributed by atoms with Crippen LogP contribution in [0.15, 0.2) is 22.7 Å². The molecule has 0 aliphatic carbocycles. The van der Waals surface area contributed by atoms with Gasteiger partial charge in [0.1, 0.15) is 28.5 Å². The molecule has 2 aliphatic heterocycles. The van der Waals surface area contributed by atoms with Crippen molar-refractivity contribution in [3.05, 3.63) is 40.4 Å². The number of carboxylic acids is 1. The second-order valence-electron chi connectivity index (χ2n) is 8.24. The van der Waals surface area contributed by atoms with E-state index in [2.05, 4.69) is 10.5 Å². The number of nitrogens with zero attached hydrogens (tertiary/aromatic N) is 2. The molecule has 2 fully saturated rings. The van der Waals surface area contributed by atoms with Crippen molar-refractivity contribution in [3.8, 4) is 11.3 Å². The number of amides is 2. The van der Waals surface area contributed by atoms with Gasteiger partial charge >= 0.3 is 35.5 Å². The Morgan fingerprint density at radius 3 is 2.66 bits per heavy atom. The fourth-order valence-electron chi connectivity index (χ4n) is 4.06. The zero-order chi connectivity index (χ0) is 24.9. The van der Waals surface area contributed by atoms with E-state index in [4.69, 9.17) is 20.9 Å². The standard InChI is InChI=1S/C21H19ClFN3O7S.Na/c1-8(27)32-7-11-13(14(25-33-11)12-9(22)5-4-6-10(12)23)17(28)24-15-18(29)26-16(20(30)31)21(2,3)34-19(15)26;/h4-6,15-16,19H,7H2,1-3H3,(H,24,28)(H,30,31);/q;+1/p-1/t15-,16+,19-;/m1./s1. The summed E-state index contributed by atoms with van der Waals surface area (Å²) < 4.78 is 23.8. The van der Waals surface area contributed by atoms with E-state index in [-0.39, 0.29) is 57.2 Å². The molecule has 1 N–H and O–H groups in total. The number of fused-ring (bicyclic) bond motifs is 1. The summed E-state index contributed by atoms with van der Waals surface area (Å²) in [5.74, 6) is -4.46. The minimum Gasteiger partial charge on any atom is -0.548 e. The number of thioether (sulfide) groups is 1. The molecule has 180 valence electrons. The normalized spacial score (nSPS) is 22.0. The van der Waals surface area contributed by atoms with Crippen molar-refractivity contribution in [2.24, 2.45) is 0 Å². The van der Waals surface area contributed by atoms with E-state index >= 15 is 0 Å².